The van der Waals surface area contributed by atoms with Gasteiger partial charge in [0.15, 0.2) is 0 Å². The summed E-state index contributed by atoms with van der Waals surface area (Å²) in [5.74, 6) is 0.585. The molecule has 0 unspecified atom stereocenters. The fraction of sp³-hybridized carbons (Fsp3) is 0.667. The standard InChI is InChI=1S/C18H29FN2/c1-14(2)12-20-13-15-6-9-18(19)16(11-15)5-3-4-10-21-17-7-8-17/h6,9,11,14,17,20-21H,3-5,7-8,10,12-13H2,1-2H3. The third-order valence-corrected chi connectivity index (χ3v) is 3.88. The largest absolute Gasteiger partial charge is 0.314 e. The molecule has 2 N–H and O–H groups in total. The van der Waals surface area contributed by atoms with Gasteiger partial charge in [0.05, 0.1) is 0 Å². The molecular formula is C18H29FN2. The molecule has 2 nitrogen and oxygen atoms in total. The molecule has 118 valence electrons. The van der Waals surface area contributed by atoms with Crippen LogP contribution >= 0.6 is 0 Å². The number of hydrogen-bond acceptors (Lipinski definition) is 2. The highest BCUT2D eigenvalue weighted by molar-refractivity contribution is 5.25. The summed E-state index contributed by atoms with van der Waals surface area (Å²) < 4.78 is 13.8. The highest BCUT2D eigenvalue weighted by Gasteiger charge is 2.19. The van der Waals surface area contributed by atoms with Gasteiger partial charge in [0.1, 0.15) is 5.82 Å². The number of nitrogens with one attached hydrogen (secondary N) is 2. The van der Waals surface area contributed by atoms with E-state index in [0.717, 1.165) is 50.5 Å². The maximum Gasteiger partial charge on any atom is 0.126 e. The maximum atomic E-state index is 13.8. The molecule has 0 amide bonds. The van der Waals surface area contributed by atoms with E-state index in [1.54, 1.807) is 6.07 Å². The van der Waals surface area contributed by atoms with Crippen LogP contribution in [0.3, 0.4) is 0 Å². The smallest absolute Gasteiger partial charge is 0.126 e. The molecule has 0 atom stereocenters. The molecule has 1 saturated carbocycles. The Hall–Kier alpha value is -0.930. The van der Waals surface area contributed by atoms with Crippen molar-refractivity contribution >= 4 is 0 Å². The number of rotatable bonds is 10. The Labute approximate surface area is 128 Å². The van der Waals surface area contributed by atoms with Crippen molar-refractivity contribution < 1.29 is 4.39 Å². The molecule has 1 aliphatic carbocycles. The lowest BCUT2D eigenvalue weighted by atomic mass is 10.0. The summed E-state index contributed by atoms with van der Waals surface area (Å²) in [6, 6.07) is 6.30. The van der Waals surface area contributed by atoms with Crippen molar-refractivity contribution in [2.24, 2.45) is 5.92 Å². The zero-order valence-electron chi connectivity index (χ0n) is 13.4. The second kappa shape index (κ2) is 8.50. The zero-order valence-corrected chi connectivity index (χ0v) is 13.4. The topological polar surface area (TPSA) is 24.1 Å². The molecule has 1 aliphatic rings. The lowest BCUT2D eigenvalue weighted by Crippen LogP contribution is -2.19. The second-order valence-corrected chi connectivity index (χ2v) is 6.64. The summed E-state index contributed by atoms with van der Waals surface area (Å²) in [5, 5.41) is 6.91. The lowest BCUT2D eigenvalue weighted by molar-refractivity contribution is 0.550. The van der Waals surface area contributed by atoms with Gasteiger partial charge < -0.3 is 10.6 Å². The van der Waals surface area contributed by atoms with Gasteiger partial charge in [-0.2, -0.15) is 0 Å². The first kappa shape index (κ1) is 16.4. The molecule has 0 saturated heterocycles. The highest BCUT2D eigenvalue weighted by atomic mass is 19.1. The van der Waals surface area contributed by atoms with Crippen LogP contribution in [0.1, 0.15) is 50.7 Å². The number of aryl methyl sites for hydroxylation is 1. The molecule has 0 spiro atoms. The average molecular weight is 292 g/mol. The van der Waals surface area contributed by atoms with E-state index in [4.69, 9.17) is 0 Å². The molecule has 0 heterocycles. The predicted octanol–water partition coefficient (Wildman–Crippen LogP) is 3.65. The Morgan fingerprint density at radius 2 is 2.05 bits per heavy atom. The molecule has 0 bridgehead atoms. The van der Waals surface area contributed by atoms with Crippen molar-refractivity contribution in [2.45, 2.75) is 58.5 Å². The van der Waals surface area contributed by atoms with Crippen LogP contribution in [0.2, 0.25) is 0 Å². The third-order valence-electron chi connectivity index (χ3n) is 3.88. The normalized spacial score (nSPS) is 14.9. The monoisotopic (exact) mass is 292 g/mol. The molecule has 21 heavy (non-hydrogen) atoms. The minimum atomic E-state index is -0.0576. The quantitative estimate of drug-likeness (QED) is 0.643. The summed E-state index contributed by atoms with van der Waals surface area (Å²) in [5.41, 5.74) is 2.05. The summed E-state index contributed by atoms with van der Waals surface area (Å²) in [7, 11) is 0. The van der Waals surface area contributed by atoms with E-state index in [-0.39, 0.29) is 5.82 Å². The van der Waals surface area contributed by atoms with E-state index >= 15 is 0 Å². The fourth-order valence-electron chi connectivity index (χ4n) is 2.47. The summed E-state index contributed by atoms with van der Waals surface area (Å²) in [6.07, 6.45) is 5.70. The van der Waals surface area contributed by atoms with Crippen molar-refractivity contribution in [3.63, 3.8) is 0 Å². The summed E-state index contributed by atoms with van der Waals surface area (Å²) in [4.78, 5) is 0. The van der Waals surface area contributed by atoms with Gasteiger partial charge in [0, 0.05) is 12.6 Å². The van der Waals surface area contributed by atoms with Gasteiger partial charge in [-0.25, -0.2) is 4.39 Å². The van der Waals surface area contributed by atoms with Crippen LogP contribution in [-0.2, 0) is 13.0 Å². The third kappa shape index (κ3) is 6.58. The Morgan fingerprint density at radius 1 is 1.24 bits per heavy atom. The van der Waals surface area contributed by atoms with Crippen LogP contribution in [0.4, 0.5) is 4.39 Å². The van der Waals surface area contributed by atoms with Crippen LogP contribution in [0.25, 0.3) is 0 Å². The summed E-state index contributed by atoms with van der Waals surface area (Å²) in [6.45, 7) is 7.29. The molecule has 0 radical (unpaired) electrons. The molecule has 0 aliphatic heterocycles. The zero-order chi connectivity index (χ0) is 15.1. The first-order chi connectivity index (χ1) is 10.1. The van der Waals surface area contributed by atoms with Gasteiger partial charge in [-0.05, 0) is 68.3 Å². The van der Waals surface area contributed by atoms with E-state index < -0.39 is 0 Å². The van der Waals surface area contributed by atoms with Crippen molar-refractivity contribution in [2.75, 3.05) is 13.1 Å². The van der Waals surface area contributed by atoms with Gasteiger partial charge in [0.2, 0.25) is 0 Å². The van der Waals surface area contributed by atoms with Gasteiger partial charge in [0.25, 0.3) is 0 Å². The number of hydrogen-bond donors (Lipinski definition) is 2. The first-order valence-corrected chi connectivity index (χ1v) is 8.36. The van der Waals surface area contributed by atoms with Crippen LogP contribution in [0.5, 0.6) is 0 Å². The van der Waals surface area contributed by atoms with Crippen LogP contribution in [-0.4, -0.2) is 19.1 Å². The Balaban J connectivity index is 1.71. The SMILES string of the molecule is CC(C)CNCc1ccc(F)c(CCCCNC2CC2)c1. The average Bonchev–Trinajstić information content (AvgIpc) is 3.25. The Morgan fingerprint density at radius 3 is 2.76 bits per heavy atom. The lowest BCUT2D eigenvalue weighted by Gasteiger charge is -2.10. The molecule has 1 aromatic carbocycles. The first-order valence-electron chi connectivity index (χ1n) is 8.36. The van der Waals surface area contributed by atoms with Gasteiger partial charge in [-0.3, -0.25) is 0 Å². The van der Waals surface area contributed by atoms with Crippen LogP contribution in [0.15, 0.2) is 18.2 Å². The molecule has 0 aromatic heterocycles. The molecule has 1 aromatic rings. The van der Waals surface area contributed by atoms with E-state index in [1.807, 2.05) is 12.1 Å². The Kier molecular flexibility index (Phi) is 6.65. The second-order valence-electron chi connectivity index (χ2n) is 6.64. The van der Waals surface area contributed by atoms with Crippen molar-refractivity contribution in [3.8, 4) is 0 Å². The van der Waals surface area contributed by atoms with E-state index in [2.05, 4.69) is 24.5 Å². The minimum absolute atomic E-state index is 0.0576. The number of halogens is 1. The van der Waals surface area contributed by atoms with Gasteiger partial charge in [-0.15, -0.1) is 0 Å². The van der Waals surface area contributed by atoms with Gasteiger partial charge in [-0.1, -0.05) is 26.0 Å². The predicted molar refractivity (Wildman–Crippen MR) is 86.9 cm³/mol. The highest BCUT2D eigenvalue weighted by Crippen LogP contribution is 2.18. The Bertz CT molecular complexity index is 427. The fourth-order valence-corrected chi connectivity index (χ4v) is 2.47. The molecule has 1 fully saturated rings. The molecule has 2 rings (SSSR count). The van der Waals surface area contributed by atoms with Crippen LogP contribution < -0.4 is 10.6 Å². The van der Waals surface area contributed by atoms with Crippen LogP contribution in [0, 0.1) is 11.7 Å². The van der Waals surface area contributed by atoms with E-state index in [0.29, 0.717) is 5.92 Å². The molecule has 3 heteroatoms. The summed E-state index contributed by atoms with van der Waals surface area (Å²) >= 11 is 0. The van der Waals surface area contributed by atoms with E-state index in [9.17, 15) is 4.39 Å². The van der Waals surface area contributed by atoms with Gasteiger partial charge >= 0.3 is 0 Å². The molecular weight excluding hydrogens is 263 g/mol. The van der Waals surface area contributed by atoms with Crippen molar-refractivity contribution in [1.29, 1.82) is 0 Å². The number of unbranched alkanes of at least 4 members (excludes halogenated alkanes) is 1. The minimum Gasteiger partial charge on any atom is -0.314 e. The van der Waals surface area contributed by atoms with E-state index in [1.165, 1.54) is 18.4 Å². The number of benzene rings is 1. The van der Waals surface area contributed by atoms with Crippen molar-refractivity contribution in [3.05, 3.63) is 35.1 Å². The maximum absolute atomic E-state index is 13.8. The van der Waals surface area contributed by atoms with Crippen molar-refractivity contribution in [1.82, 2.24) is 10.6 Å².